The zero-order chi connectivity index (χ0) is 12.4. The second-order valence-corrected chi connectivity index (χ2v) is 3.93. The van der Waals surface area contributed by atoms with Crippen LogP contribution in [0.1, 0.15) is 34.1 Å². The summed E-state index contributed by atoms with van der Waals surface area (Å²) in [5.74, 6) is -1.57. The lowest BCUT2D eigenvalue weighted by Gasteiger charge is -2.05. The Labute approximate surface area is 98.6 Å². The zero-order valence-electron chi connectivity index (χ0n) is 9.42. The van der Waals surface area contributed by atoms with Crippen LogP contribution in [0.5, 0.6) is 0 Å². The number of rotatable bonds is 4. The Hall–Kier alpha value is -1.88. The van der Waals surface area contributed by atoms with Crippen LogP contribution in [0, 0.1) is 0 Å². The molecule has 0 amide bonds. The third-order valence-corrected chi connectivity index (χ3v) is 2.68. The van der Waals surface area contributed by atoms with Gasteiger partial charge >= 0.3 is 11.9 Å². The number of carbonyl (C=O) groups is 2. The molecule has 2 rings (SSSR count). The van der Waals surface area contributed by atoms with Gasteiger partial charge in [0.25, 0.3) is 0 Å². The predicted octanol–water partition coefficient (Wildman–Crippen LogP) is 1.55. The van der Waals surface area contributed by atoms with Crippen molar-refractivity contribution >= 4 is 11.9 Å². The van der Waals surface area contributed by atoms with Crippen LogP contribution in [0.25, 0.3) is 0 Å². The van der Waals surface area contributed by atoms with E-state index < -0.39 is 11.9 Å². The van der Waals surface area contributed by atoms with E-state index >= 15 is 0 Å². The number of hydrogen-bond acceptors (Lipinski definition) is 4. The van der Waals surface area contributed by atoms with E-state index in [2.05, 4.69) is 0 Å². The third kappa shape index (κ3) is 2.62. The van der Waals surface area contributed by atoms with Crippen molar-refractivity contribution in [2.24, 2.45) is 0 Å². The Morgan fingerprint density at radius 1 is 1.47 bits per heavy atom. The molecule has 0 aromatic heterocycles. The lowest BCUT2D eigenvalue weighted by atomic mass is 10.1. The fourth-order valence-electron chi connectivity index (χ4n) is 1.54. The standard InChI is InChI=1S/C12H13NO4/c1-2-10-7-13(10)17-12(16)9-5-3-4-8(6-9)11(14)15/h3-6,10H,2,7H2,1H3,(H,14,15). The largest absolute Gasteiger partial charge is 0.478 e. The van der Waals surface area contributed by atoms with Crippen LogP contribution in [0.3, 0.4) is 0 Å². The Kier molecular flexibility index (Phi) is 3.10. The third-order valence-electron chi connectivity index (χ3n) is 2.68. The number of carboxylic acids is 1. The maximum atomic E-state index is 11.7. The van der Waals surface area contributed by atoms with Crippen molar-refractivity contribution in [1.82, 2.24) is 5.06 Å². The van der Waals surface area contributed by atoms with Crippen LogP contribution in [0.2, 0.25) is 0 Å². The highest BCUT2D eigenvalue weighted by molar-refractivity contribution is 5.94. The molecule has 0 radical (unpaired) electrons. The van der Waals surface area contributed by atoms with Crippen LogP contribution in [0.4, 0.5) is 0 Å². The van der Waals surface area contributed by atoms with Gasteiger partial charge in [0.15, 0.2) is 0 Å². The van der Waals surface area contributed by atoms with E-state index in [1.165, 1.54) is 18.2 Å². The van der Waals surface area contributed by atoms with Gasteiger partial charge in [0.2, 0.25) is 0 Å². The SMILES string of the molecule is CCC1CN1OC(=O)c1cccc(C(=O)O)c1. The van der Waals surface area contributed by atoms with E-state index in [-0.39, 0.29) is 11.1 Å². The van der Waals surface area contributed by atoms with Gasteiger partial charge in [-0.15, -0.1) is 5.06 Å². The van der Waals surface area contributed by atoms with Crippen LogP contribution < -0.4 is 0 Å². The molecule has 17 heavy (non-hydrogen) atoms. The van der Waals surface area contributed by atoms with E-state index in [0.717, 1.165) is 13.0 Å². The smallest absolute Gasteiger partial charge is 0.357 e. The van der Waals surface area contributed by atoms with E-state index in [1.54, 1.807) is 11.1 Å². The summed E-state index contributed by atoms with van der Waals surface area (Å²) in [7, 11) is 0. The molecule has 1 N–H and O–H groups in total. The fourth-order valence-corrected chi connectivity index (χ4v) is 1.54. The number of aromatic carboxylic acids is 1. The topological polar surface area (TPSA) is 66.6 Å². The molecule has 1 saturated heterocycles. The quantitative estimate of drug-likeness (QED) is 0.802. The Morgan fingerprint density at radius 2 is 2.18 bits per heavy atom. The van der Waals surface area contributed by atoms with Crippen molar-refractivity contribution in [2.45, 2.75) is 19.4 Å². The normalized spacial score (nSPS) is 21.9. The Bertz CT molecular complexity index is 458. The first-order chi connectivity index (χ1) is 8.11. The van der Waals surface area contributed by atoms with Gasteiger partial charge < -0.3 is 9.94 Å². The number of carboxylic acid groups (broad SMARTS) is 1. The molecule has 0 aliphatic carbocycles. The summed E-state index contributed by atoms with van der Waals surface area (Å²) >= 11 is 0. The molecule has 90 valence electrons. The molecule has 1 fully saturated rings. The molecule has 2 atom stereocenters. The lowest BCUT2D eigenvalue weighted by molar-refractivity contribution is -0.0369. The summed E-state index contributed by atoms with van der Waals surface area (Å²) < 4.78 is 0. The summed E-state index contributed by atoms with van der Waals surface area (Å²) in [5.41, 5.74) is 0.337. The molecule has 2 unspecified atom stereocenters. The highest BCUT2D eigenvalue weighted by Crippen LogP contribution is 2.21. The molecule has 1 heterocycles. The van der Waals surface area contributed by atoms with Gasteiger partial charge in [0.1, 0.15) is 0 Å². The molecule has 1 aromatic carbocycles. The van der Waals surface area contributed by atoms with Crippen molar-refractivity contribution in [2.75, 3.05) is 6.54 Å². The molecule has 0 saturated carbocycles. The second kappa shape index (κ2) is 4.55. The van der Waals surface area contributed by atoms with Gasteiger partial charge in [-0.3, -0.25) is 0 Å². The van der Waals surface area contributed by atoms with E-state index in [9.17, 15) is 9.59 Å². The fraction of sp³-hybridized carbons (Fsp3) is 0.333. The van der Waals surface area contributed by atoms with Crippen molar-refractivity contribution in [1.29, 1.82) is 0 Å². The maximum absolute atomic E-state index is 11.7. The highest BCUT2D eigenvalue weighted by Gasteiger charge is 2.36. The van der Waals surface area contributed by atoms with Crippen molar-refractivity contribution < 1.29 is 19.5 Å². The van der Waals surface area contributed by atoms with Crippen LogP contribution in [0.15, 0.2) is 24.3 Å². The molecule has 1 aliphatic rings. The number of hydrogen-bond donors (Lipinski definition) is 1. The zero-order valence-corrected chi connectivity index (χ0v) is 9.42. The summed E-state index contributed by atoms with van der Waals surface area (Å²) in [6.07, 6.45) is 0.933. The predicted molar refractivity (Wildman–Crippen MR) is 59.6 cm³/mol. The van der Waals surface area contributed by atoms with E-state index in [1.807, 2.05) is 6.92 Å². The van der Waals surface area contributed by atoms with Gasteiger partial charge in [-0.05, 0) is 24.6 Å². The lowest BCUT2D eigenvalue weighted by Crippen LogP contribution is -2.12. The molecule has 1 aromatic rings. The van der Waals surface area contributed by atoms with E-state index in [0.29, 0.717) is 6.04 Å². The monoisotopic (exact) mass is 235 g/mol. The average Bonchev–Trinajstić information content (AvgIpc) is 3.07. The van der Waals surface area contributed by atoms with Crippen molar-refractivity contribution in [3.8, 4) is 0 Å². The molecular weight excluding hydrogens is 222 g/mol. The van der Waals surface area contributed by atoms with Gasteiger partial charge in [0.05, 0.1) is 23.7 Å². The number of benzene rings is 1. The number of carbonyl (C=O) groups excluding carboxylic acids is 1. The number of hydroxylamine groups is 2. The van der Waals surface area contributed by atoms with Crippen LogP contribution in [-0.2, 0) is 4.84 Å². The van der Waals surface area contributed by atoms with Crippen LogP contribution in [-0.4, -0.2) is 34.7 Å². The van der Waals surface area contributed by atoms with Gasteiger partial charge in [-0.25, -0.2) is 9.59 Å². The Morgan fingerprint density at radius 3 is 2.76 bits per heavy atom. The van der Waals surface area contributed by atoms with Gasteiger partial charge in [-0.2, -0.15) is 0 Å². The molecule has 0 bridgehead atoms. The summed E-state index contributed by atoms with van der Waals surface area (Å²) in [4.78, 5) is 27.5. The molecular formula is C12H13NO4. The first-order valence-electron chi connectivity index (χ1n) is 5.44. The second-order valence-electron chi connectivity index (χ2n) is 3.93. The summed E-state index contributed by atoms with van der Waals surface area (Å²) in [5, 5.41) is 10.4. The number of nitrogens with zero attached hydrogens (tertiary/aromatic N) is 1. The van der Waals surface area contributed by atoms with Crippen molar-refractivity contribution in [3.63, 3.8) is 0 Å². The minimum absolute atomic E-state index is 0.0808. The molecule has 5 nitrogen and oxygen atoms in total. The van der Waals surface area contributed by atoms with Crippen LogP contribution >= 0.6 is 0 Å². The van der Waals surface area contributed by atoms with Gasteiger partial charge in [-0.1, -0.05) is 13.0 Å². The van der Waals surface area contributed by atoms with E-state index in [4.69, 9.17) is 9.94 Å². The first kappa shape index (κ1) is 11.6. The minimum Gasteiger partial charge on any atom is -0.478 e. The molecule has 0 spiro atoms. The average molecular weight is 235 g/mol. The maximum Gasteiger partial charge on any atom is 0.357 e. The highest BCUT2D eigenvalue weighted by atomic mass is 16.7. The molecule has 5 heteroatoms. The van der Waals surface area contributed by atoms with Crippen molar-refractivity contribution in [3.05, 3.63) is 35.4 Å². The van der Waals surface area contributed by atoms with Gasteiger partial charge in [0, 0.05) is 0 Å². The minimum atomic E-state index is -1.06. The summed E-state index contributed by atoms with van der Waals surface area (Å²) in [6, 6.07) is 6.13. The summed E-state index contributed by atoms with van der Waals surface area (Å²) in [6.45, 7) is 2.77. The Balaban J connectivity index is 2.04. The first-order valence-corrected chi connectivity index (χ1v) is 5.44. The molecule has 1 aliphatic heterocycles.